The molecule has 0 heterocycles. The molecule has 0 aliphatic rings. The van der Waals surface area contributed by atoms with Gasteiger partial charge in [-0.2, -0.15) is 0 Å². The second kappa shape index (κ2) is 9.16. The molecule has 0 saturated carbocycles. The van der Waals surface area contributed by atoms with Crippen LogP contribution in [0.5, 0.6) is 0 Å². The number of Topliss-reactive ketones (excluding diaryl/α,β-unsaturated/α-hetero) is 1. The molecule has 1 unspecified atom stereocenters. The van der Waals surface area contributed by atoms with E-state index in [1.54, 1.807) is 33.8 Å². The first-order valence-corrected chi connectivity index (χ1v) is 8.29. The first-order valence-electron chi connectivity index (χ1n) is 8.29. The summed E-state index contributed by atoms with van der Waals surface area (Å²) in [5.74, 6) is -1.94. The van der Waals surface area contributed by atoms with Crippen molar-refractivity contribution in [3.05, 3.63) is 41.5 Å². The fourth-order valence-corrected chi connectivity index (χ4v) is 2.12. The Morgan fingerprint density at radius 1 is 1.12 bits per heavy atom. The molecule has 0 radical (unpaired) electrons. The van der Waals surface area contributed by atoms with E-state index in [-0.39, 0.29) is 12.2 Å². The number of rotatable bonds is 7. The van der Waals surface area contributed by atoms with E-state index < -0.39 is 23.5 Å². The van der Waals surface area contributed by atoms with Crippen molar-refractivity contribution >= 4 is 23.8 Å². The number of ketones is 1. The molecule has 0 bridgehead atoms. The third kappa shape index (κ3) is 7.79. The average molecular weight is 346 g/mol. The highest BCUT2D eigenvalue weighted by Gasteiger charge is 2.28. The van der Waals surface area contributed by atoms with Crippen molar-refractivity contribution in [2.24, 2.45) is 5.92 Å². The van der Waals surface area contributed by atoms with Gasteiger partial charge in [0.05, 0.1) is 6.61 Å². The summed E-state index contributed by atoms with van der Waals surface area (Å²) >= 11 is 0. The van der Waals surface area contributed by atoms with Gasteiger partial charge in [0.25, 0.3) is 0 Å². The second-order valence-corrected chi connectivity index (χ2v) is 6.73. The van der Waals surface area contributed by atoms with Crippen molar-refractivity contribution in [2.45, 2.75) is 46.6 Å². The van der Waals surface area contributed by atoms with Crippen molar-refractivity contribution in [2.75, 3.05) is 6.61 Å². The molecule has 5 nitrogen and oxygen atoms in total. The Morgan fingerprint density at radius 3 is 2.20 bits per heavy atom. The van der Waals surface area contributed by atoms with E-state index in [0.29, 0.717) is 6.61 Å². The highest BCUT2D eigenvalue weighted by Crippen LogP contribution is 2.17. The maximum Gasteiger partial charge on any atom is 0.330 e. The van der Waals surface area contributed by atoms with Gasteiger partial charge in [-0.15, -0.1) is 0 Å². The van der Waals surface area contributed by atoms with E-state index in [4.69, 9.17) is 9.47 Å². The second-order valence-electron chi connectivity index (χ2n) is 6.73. The van der Waals surface area contributed by atoms with Crippen LogP contribution in [0.4, 0.5) is 0 Å². The zero-order chi connectivity index (χ0) is 19.0. The van der Waals surface area contributed by atoms with Crippen LogP contribution in [0.15, 0.2) is 30.3 Å². The van der Waals surface area contributed by atoms with Gasteiger partial charge in [0.1, 0.15) is 17.3 Å². The molecule has 0 fully saturated rings. The van der Waals surface area contributed by atoms with E-state index in [0.717, 1.165) is 11.1 Å². The molecular formula is C20H26O5. The Bertz CT molecular complexity index is 635. The number of benzene rings is 1. The zero-order valence-electron chi connectivity index (χ0n) is 15.5. The Labute approximate surface area is 149 Å². The minimum Gasteiger partial charge on any atom is -0.463 e. The molecule has 0 aromatic heterocycles. The fraction of sp³-hybridized carbons (Fsp3) is 0.450. The summed E-state index contributed by atoms with van der Waals surface area (Å²) in [5, 5.41) is 0. The van der Waals surface area contributed by atoms with Crippen LogP contribution in [0.1, 0.15) is 45.7 Å². The molecule has 1 aromatic carbocycles. The van der Waals surface area contributed by atoms with E-state index in [1.165, 1.54) is 13.0 Å². The van der Waals surface area contributed by atoms with Gasteiger partial charge in [0, 0.05) is 6.08 Å². The maximum atomic E-state index is 12.2. The summed E-state index contributed by atoms with van der Waals surface area (Å²) in [4.78, 5) is 35.3. The van der Waals surface area contributed by atoms with Crippen molar-refractivity contribution < 1.29 is 23.9 Å². The summed E-state index contributed by atoms with van der Waals surface area (Å²) in [6, 6.07) is 7.28. The van der Waals surface area contributed by atoms with Crippen LogP contribution in [0, 0.1) is 5.92 Å². The maximum absolute atomic E-state index is 12.2. The molecule has 0 spiro atoms. The van der Waals surface area contributed by atoms with Crippen molar-refractivity contribution in [3.63, 3.8) is 0 Å². The van der Waals surface area contributed by atoms with Gasteiger partial charge in [0.2, 0.25) is 0 Å². The molecular weight excluding hydrogens is 320 g/mol. The van der Waals surface area contributed by atoms with Gasteiger partial charge in [-0.1, -0.05) is 24.3 Å². The molecule has 1 rings (SSSR count). The summed E-state index contributed by atoms with van der Waals surface area (Å²) in [6.45, 7) is 8.78. The molecule has 0 aliphatic heterocycles. The molecule has 0 N–H and O–H groups in total. The monoisotopic (exact) mass is 346 g/mol. The van der Waals surface area contributed by atoms with Crippen LogP contribution in [0.3, 0.4) is 0 Å². The van der Waals surface area contributed by atoms with Crippen molar-refractivity contribution in [3.8, 4) is 0 Å². The van der Waals surface area contributed by atoms with Gasteiger partial charge < -0.3 is 9.47 Å². The van der Waals surface area contributed by atoms with E-state index in [1.807, 2.05) is 24.3 Å². The molecule has 0 saturated heterocycles. The summed E-state index contributed by atoms with van der Waals surface area (Å²) < 4.78 is 10.1. The highest BCUT2D eigenvalue weighted by atomic mass is 16.6. The largest absolute Gasteiger partial charge is 0.463 e. The SMILES string of the molecule is CCOC(=O)C=Cc1ccc(CC(C(C)=O)C(=O)OC(C)(C)C)cc1. The lowest BCUT2D eigenvalue weighted by atomic mass is 9.95. The molecule has 0 aliphatic carbocycles. The molecule has 5 heteroatoms. The van der Waals surface area contributed by atoms with Gasteiger partial charge in [-0.05, 0) is 58.2 Å². The lowest BCUT2D eigenvalue weighted by Crippen LogP contribution is -2.33. The normalized spacial score (nSPS) is 12.7. The summed E-state index contributed by atoms with van der Waals surface area (Å²) in [6.07, 6.45) is 3.29. The predicted molar refractivity (Wildman–Crippen MR) is 95.8 cm³/mol. The molecule has 0 amide bonds. The Hall–Kier alpha value is -2.43. The minimum absolute atomic E-state index is 0.222. The number of hydrogen-bond donors (Lipinski definition) is 0. The molecule has 25 heavy (non-hydrogen) atoms. The van der Waals surface area contributed by atoms with Crippen LogP contribution in [-0.2, 0) is 30.3 Å². The van der Waals surface area contributed by atoms with E-state index >= 15 is 0 Å². The third-order valence-electron chi connectivity index (χ3n) is 3.30. The minimum atomic E-state index is -0.819. The summed E-state index contributed by atoms with van der Waals surface area (Å²) in [7, 11) is 0. The third-order valence-corrected chi connectivity index (χ3v) is 3.30. The van der Waals surface area contributed by atoms with Gasteiger partial charge in [0.15, 0.2) is 0 Å². The van der Waals surface area contributed by atoms with Crippen molar-refractivity contribution in [1.29, 1.82) is 0 Å². The first-order chi connectivity index (χ1) is 11.6. The highest BCUT2D eigenvalue weighted by molar-refractivity contribution is 5.98. The Morgan fingerprint density at radius 2 is 1.72 bits per heavy atom. The topological polar surface area (TPSA) is 69.7 Å². The number of ether oxygens (including phenoxy) is 2. The van der Waals surface area contributed by atoms with Gasteiger partial charge >= 0.3 is 11.9 Å². The lowest BCUT2D eigenvalue weighted by molar-refractivity contribution is -0.161. The zero-order valence-corrected chi connectivity index (χ0v) is 15.5. The van der Waals surface area contributed by atoms with Gasteiger partial charge in [-0.25, -0.2) is 4.79 Å². The van der Waals surface area contributed by atoms with Crippen LogP contribution in [0.25, 0.3) is 6.08 Å². The number of hydrogen-bond acceptors (Lipinski definition) is 5. The number of carbonyl (C=O) groups is 3. The smallest absolute Gasteiger partial charge is 0.330 e. The fourth-order valence-electron chi connectivity index (χ4n) is 2.12. The average Bonchev–Trinajstić information content (AvgIpc) is 2.50. The van der Waals surface area contributed by atoms with Crippen LogP contribution < -0.4 is 0 Å². The quantitative estimate of drug-likeness (QED) is 0.430. The lowest BCUT2D eigenvalue weighted by Gasteiger charge is -2.23. The van der Waals surface area contributed by atoms with Crippen LogP contribution >= 0.6 is 0 Å². The number of carbonyl (C=O) groups excluding carboxylic acids is 3. The first kappa shape index (κ1) is 20.6. The van der Waals surface area contributed by atoms with Crippen LogP contribution in [-0.4, -0.2) is 29.9 Å². The standard InChI is InChI=1S/C20H26O5/c1-6-24-18(22)12-11-15-7-9-16(10-8-15)13-17(14(2)21)19(23)25-20(3,4)5/h7-12,17H,6,13H2,1-5H3. The Kier molecular flexibility index (Phi) is 7.55. The summed E-state index contributed by atoms with van der Waals surface area (Å²) in [5.41, 5.74) is 1.04. The van der Waals surface area contributed by atoms with E-state index in [2.05, 4.69) is 0 Å². The number of esters is 2. The van der Waals surface area contributed by atoms with E-state index in [9.17, 15) is 14.4 Å². The predicted octanol–water partition coefficient (Wildman–Crippen LogP) is 3.35. The molecule has 1 atom stereocenters. The molecule has 136 valence electrons. The van der Waals surface area contributed by atoms with Crippen molar-refractivity contribution in [1.82, 2.24) is 0 Å². The van der Waals surface area contributed by atoms with Crippen LogP contribution in [0.2, 0.25) is 0 Å². The molecule has 1 aromatic rings. The van der Waals surface area contributed by atoms with Gasteiger partial charge in [-0.3, -0.25) is 9.59 Å². The Balaban J connectivity index is 2.78.